The summed E-state index contributed by atoms with van der Waals surface area (Å²) in [5.74, 6) is 1.51. The normalized spacial score (nSPS) is 14.7. The van der Waals surface area contributed by atoms with Crippen LogP contribution in [0.3, 0.4) is 0 Å². The molecule has 20 heavy (non-hydrogen) atoms. The van der Waals surface area contributed by atoms with Crippen molar-refractivity contribution < 1.29 is 4.92 Å². The van der Waals surface area contributed by atoms with Crippen LogP contribution in [0.5, 0.6) is 0 Å². The lowest BCUT2D eigenvalue weighted by Crippen LogP contribution is -2.17. The molecule has 0 atom stereocenters. The minimum Gasteiger partial charge on any atom is -0.364 e. The van der Waals surface area contributed by atoms with Gasteiger partial charge in [-0.05, 0) is 26.2 Å². The molecular formula is C13H21N5O2. The number of rotatable bonds is 7. The zero-order chi connectivity index (χ0) is 14.5. The van der Waals surface area contributed by atoms with Crippen LogP contribution < -0.4 is 10.6 Å². The van der Waals surface area contributed by atoms with Crippen LogP contribution in [0.2, 0.25) is 0 Å². The van der Waals surface area contributed by atoms with E-state index in [9.17, 15) is 10.1 Å². The van der Waals surface area contributed by atoms with Crippen LogP contribution in [0.25, 0.3) is 0 Å². The van der Waals surface area contributed by atoms with E-state index in [0.717, 1.165) is 12.3 Å². The first-order valence-corrected chi connectivity index (χ1v) is 7.12. The fourth-order valence-electron chi connectivity index (χ4n) is 2.32. The van der Waals surface area contributed by atoms with Crippen LogP contribution in [0, 0.1) is 23.0 Å². The molecule has 0 saturated heterocycles. The van der Waals surface area contributed by atoms with Crippen molar-refractivity contribution in [1.29, 1.82) is 0 Å². The van der Waals surface area contributed by atoms with Gasteiger partial charge in [-0.25, -0.2) is 4.98 Å². The molecule has 1 fully saturated rings. The van der Waals surface area contributed by atoms with Gasteiger partial charge in [-0.3, -0.25) is 10.1 Å². The number of hydrogen-bond acceptors (Lipinski definition) is 6. The van der Waals surface area contributed by atoms with Gasteiger partial charge < -0.3 is 10.6 Å². The highest BCUT2D eigenvalue weighted by Crippen LogP contribution is 2.30. The molecule has 7 nitrogen and oxygen atoms in total. The Morgan fingerprint density at radius 2 is 2.10 bits per heavy atom. The molecule has 0 unspecified atom stereocenters. The Morgan fingerprint density at radius 3 is 2.65 bits per heavy atom. The van der Waals surface area contributed by atoms with E-state index < -0.39 is 4.92 Å². The van der Waals surface area contributed by atoms with Crippen LogP contribution >= 0.6 is 0 Å². The Hall–Kier alpha value is -1.92. The van der Waals surface area contributed by atoms with Crippen LogP contribution in [-0.2, 0) is 0 Å². The summed E-state index contributed by atoms with van der Waals surface area (Å²) in [6.07, 6.45) is 4.89. The lowest BCUT2D eigenvalue weighted by molar-refractivity contribution is -0.385. The summed E-state index contributed by atoms with van der Waals surface area (Å²) in [6, 6.07) is 0. The van der Waals surface area contributed by atoms with Crippen molar-refractivity contribution in [3.05, 3.63) is 15.8 Å². The van der Waals surface area contributed by atoms with Crippen molar-refractivity contribution >= 4 is 17.5 Å². The van der Waals surface area contributed by atoms with E-state index in [1.165, 1.54) is 19.3 Å². The predicted molar refractivity (Wildman–Crippen MR) is 78.0 cm³/mol. The molecule has 0 radical (unpaired) electrons. The van der Waals surface area contributed by atoms with E-state index in [1.54, 1.807) is 6.92 Å². The first kappa shape index (κ1) is 14.5. The second kappa shape index (κ2) is 6.49. The van der Waals surface area contributed by atoms with Crippen molar-refractivity contribution in [3.63, 3.8) is 0 Å². The van der Waals surface area contributed by atoms with Gasteiger partial charge >= 0.3 is 5.69 Å². The van der Waals surface area contributed by atoms with Gasteiger partial charge in [0.2, 0.25) is 11.8 Å². The molecule has 1 aliphatic rings. The summed E-state index contributed by atoms with van der Waals surface area (Å²) in [4.78, 5) is 19.0. The second-order valence-corrected chi connectivity index (χ2v) is 5.13. The molecule has 1 aromatic rings. The maximum Gasteiger partial charge on any atom is 0.332 e. The number of anilines is 2. The monoisotopic (exact) mass is 279 g/mol. The fourth-order valence-corrected chi connectivity index (χ4v) is 2.32. The average molecular weight is 279 g/mol. The molecule has 110 valence electrons. The van der Waals surface area contributed by atoms with Gasteiger partial charge in [-0.15, -0.1) is 0 Å². The SMILES string of the molecule is CCNc1nc(C)c([N+](=O)[O-])c(NCCC2CCC2)n1. The zero-order valence-electron chi connectivity index (χ0n) is 12.0. The number of aryl methyl sites for hydroxylation is 1. The van der Waals surface area contributed by atoms with E-state index in [1.807, 2.05) is 6.92 Å². The Morgan fingerprint density at radius 1 is 1.35 bits per heavy atom. The molecule has 0 bridgehead atoms. The van der Waals surface area contributed by atoms with Crippen LogP contribution in [0.1, 0.15) is 38.3 Å². The molecular weight excluding hydrogens is 258 g/mol. The quantitative estimate of drug-likeness (QED) is 0.589. The molecule has 0 aromatic carbocycles. The maximum absolute atomic E-state index is 11.1. The molecule has 2 rings (SSSR count). The highest BCUT2D eigenvalue weighted by molar-refractivity contribution is 5.60. The van der Waals surface area contributed by atoms with Crippen molar-refractivity contribution in [3.8, 4) is 0 Å². The van der Waals surface area contributed by atoms with E-state index in [0.29, 0.717) is 30.5 Å². The fraction of sp³-hybridized carbons (Fsp3) is 0.692. The van der Waals surface area contributed by atoms with E-state index >= 15 is 0 Å². The molecule has 0 spiro atoms. The van der Waals surface area contributed by atoms with Gasteiger partial charge in [-0.1, -0.05) is 19.3 Å². The molecule has 2 N–H and O–H groups in total. The number of nitro groups is 1. The van der Waals surface area contributed by atoms with Gasteiger partial charge in [0.15, 0.2) is 0 Å². The number of nitrogens with one attached hydrogen (secondary N) is 2. The second-order valence-electron chi connectivity index (χ2n) is 5.13. The first-order chi connectivity index (χ1) is 9.61. The van der Waals surface area contributed by atoms with E-state index in [2.05, 4.69) is 20.6 Å². The molecule has 1 aromatic heterocycles. The lowest BCUT2D eigenvalue weighted by atomic mass is 9.83. The summed E-state index contributed by atoms with van der Waals surface area (Å²) in [5, 5.41) is 17.2. The Bertz CT molecular complexity index is 488. The third-order valence-corrected chi connectivity index (χ3v) is 3.65. The molecule has 7 heteroatoms. The Balaban J connectivity index is 2.11. The van der Waals surface area contributed by atoms with E-state index in [4.69, 9.17) is 0 Å². The number of hydrogen-bond donors (Lipinski definition) is 2. The zero-order valence-corrected chi connectivity index (χ0v) is 12.0. The first-order valence-electron chi connectivity index (χ1n) is 7.12. The summed E-state index contributed by atoms with van der Waals surface area (Å²) >= 11 is 0. The summed E-state index contributed by atoms with van der Waals surface area (Å²) in [7, 11) is 0. The van der Waals surface area contributed by atoms with Crippen molar-refractivity contribution in [2.24, 2.45) is 5.92 Å². The minimum atomic E-state index is -0.420. The molecule has 0 amide bonds. The molecule has 1 saturated carbocycles. The van der Waals surface area contributed by atoms with Crippen molar-refractivity contribution in [1.82, 2.24) is 9.97 Å². The van der Waals surface area contributed by atoms with E-state index in [-0.39, 0.29) is 5.69 Å². The van der Waals surface area contributed by atoms with Gasteiger partial charge in [0.05, 0.1) is 4.92 Å². The van der Waals surface area contributed by atoms with Crippen molar-refractivity contribution in [2.75, 3.05) is 23.7 Å². The Labute approximate surface area is 118 Å². The highest BCUT2D eigenvalue weighted by atomic mass is 16.6. The van der Waals surface area contributed by atoms with Crippen molar-refractivity contribution in [2.45, 2.75) is 39.5 Å². The minimum absolute atomic E-state index is 0.0275. The summed E-state index contributed by atoms with van der Waals surface area (Å²) in [5.41, 5.74) is 0.354. The largest absolute Gasteiger partial charge is 0.364 e. The predicted octanol–water partition coefficient (Wildman–Crippen LogP) is 2.73. The smallest absolute Gasteiger partial charge is 0.332 e. The summed E-state index contributed by atoms with van der Waals surface area (Å²) < 4.78 is 0. The Kier molecular flexibility index (Phi) is 4.70. The van der Waals surface area contributed by atoms with Gasteiger partial charge in [0.25, 0.3) is 0 Å². The third kappa shape index (κ3) is 3.34. The maximum atomic E-state index is 11.1. The van der Waals surface area contributed by atoms with Gasteiger partial charge in [0, 0.05) is 13.1 Å². The molecule has 1 aliphatic carbocycles. The van der Waals surface area contributed by atoms with Crippen LogP contribution in [-0.4, -0.2) is 28.0 Å². The summed E-state index contributed by atoms with van der Waals surface area (Å²) in [6.45, 7) is 4.97. The third-order valence-electron chi connectivity index (χ3n) is 3.65. The lowest BCUT2D eigenvalue weighted by Gasteiger charge is -2.25. The molecule has 1 heterocycles. The van der Waals surface area contributed by atoms with Crippen LogP contribution in [0.4, 0.5) is 17.5 Å². The molecule has 0 aliphatic heterocycles. The van der Waals surface area contributed by atoms with Crippen LogP contribution in [0.15, 0.2) is 0 Å². The average Bonchev–Trinajstić information content (AvgIpc) is 2.31. The standard InChI is InChI=1S/C13H21N5O2/c1-3-14-13-16-9(2)11(18(19)20)12(17-13)15-8-7-10-5-4-6-10/h10H,3-8H2,1-2H3,(H2,14,15,16,17). The number of nitrogens with zero attached hydrogens (tertiary/aromatic N) is 3. The topological polar surface area (TPSA) is 93.0 Å². The highest BCUT2D eigenvalue weighted by Gasteiger charge is 2.22. The van der Waals surface area contributed by atoms with Gasteiger partial charge in [-0.2, -0.15) is 4.98 Å². The van der Waals surface area contributed by atoms with Gasteiger partial charge in [0.1, 0.15) is 5.69 Å². The number of aromatic nitrogens is 2.